The molecule has 0 aromatic rings. The van der Waals surface area contributed by atoms with Crippen LogP contribution in [0.5, 0.6) is 0 Å². The largest absolute Gasteiger partial charge is 0.396 e. The number of hydrogen-bond acceptors (Lipinski definition) is 5. The van der Waals surface area contributed by atoms with Crippen LogP contribution in [0.25, 0.3) is 0 Å². The lowest BCUT2D eigenvalue weighted by molar-refractivity contribution is 0.253. The first-order valence-electron chi connectivity index (χ1n) is 6.46. The average Bonchev–Trinajstić information content (AvgIpc) is 2.34. The van der Waals surface area contributed by atoms with Gasteiger partial charge in [0.25, 0.3) is 0 Å². The molecule has 0 radical (unpaired) electrons. The minimum atomic E-state index is -0.00128. The number of aliphatic hydroxyl groups excluding tert-OH is 1. The summed E-state index contributed by atoms with van der Waals surface area (Å²) in [5.41, 5.74) is 0. The molecule has 18 heavy (non-hydrogen) atoms. The van der Waals surface area contributed by atoms with Gasteiger partial charge in [-0.25, -0.2) is 19.6 Å². The molecule has 5 nitrogen and oxygen atoms in total. The summed E-state index contributed by atoms with van der Waals surface area (Å²) in [6.45, 7) is 2.73. The highest BCUT2D eigenvalue weighted by atomic mass is 16.3. The highest BCUT2D eigenvalue weighted by Gasteiger charge is 2.11. The number of isocyanates is 2. The van der Waals surface area contributed by atoms with Gasteiger partial charge in [0.05, 0.1) is 12.6 Å². The molecule has 102 valence electrons. The van der Waals surface area contributed by atoms with Gasteiger partial charge in [-0.05, 0) is 31.6 Å². The number of carbonyl (C=O) groups excluding carboxylic acids is 2. The molecular formula is C13H22N2O3. The first-order valence-corrected chi connectivity index (χ1v) is 6.46. The van der Waals surface area contributed by atoms with Crippen molar-refractivity contribution in [2.24, 2.45) is 15.9 Å². The number of aliphatic hydroxyl groups is 1. The van der Waals surface area contributed by atoms with Crippen molar-refractivity contribution in [1.29, 1.82) is 0 Å². The zero-order chi connectivity index (χ0) is 13.6. The van der Waals surface area contributed by atoms with Crippen molar-refractivity contribution < 1.29 is 14.7 Å². The Morgan fingerprint density at radius 3 is 2.50 bits per heavy atom. The Kier molecular flexibility index (Phi) is 11.3. The SMILES string of the molecule is CC(CCO)CC(CCCCCN=C=O)N=C=O. The zero-order valence-electron chi connectivity index (χ0n) is 11.0. The smallest absolute Gasteiger partial charge is 0.235 e. The van der Waals surface area contributed by atoms with Gasteiger partial charge in [-0.3, -0.25) is 0 Å². The van der Waals surface area contributed by atoms with E-state index >= 15 is 0 Å². The number of aliphatic imine (C=N–C) groups is 2. The Hall–Kier alpha value is -1.28. The maximum absolute atomic E-state index is 10.3. The van der Waals surface area contributed by atoms with Crippen molar-refractivity contribution in [3.63, 3.8) is 0 Å². The molecule has 0 aliphatic carbocycles. The Morgan fingerprint density at radius 2 is 1.89 bits per heavy atom. The Labute approximate surface area is 108 Å². The molecule has 0 fully saturated rings. The number of nitrogens with zero attached hydrogens (tertiary/aromatic N) is 2. The highest BCUT2D eigenvalue weighted by Crippen LogP contribution is 2.17. The minimum Gasteiger partial charge on any atom is -0.396 e. The lowest BCUT2D eigenvalue weighted by Gasteiger charge is -2.15. The van der Waals surface area contributed by atoms with Crippen LogP contribution in [-0.2, 0) is 9.59 Å². The van der Waals surface area contributed by atoms with Crippen molar-refractivity contribution in [2.45, 2.75) is 51.5 Å². The summed E-state index contributed by atoms with van der Waals surface area (Å²) in [5.74, 6) is 0.358. The van der Waals surface area contributed by atoms with Crippen molar-refractivity contribution >= 4 is 12.2 Å². The van der Waals surface area contributed by atoms with Gasteiger partial charge in [0.15, 0.2) is 0 Å². The summed E-state index contributed by atoms with van der Waals surface area (Å²) in [7, 11) is 0. The summed E-state index contributed by atoms with van der Waals surface area (Å²) in [5, 5.41) is 8.83. The van der Waals surface area contributed by atoms with Crippen LogP contribution in [0.1, 0.15) is 45.4 Å². The second-order valence-corrected chi connectivity index (χ2v) is 4.55. The Balaban J connectivity index is 3.82. The quantitative estimate of drug-likeness (QED) is 0.348. The first kappa shape index (κ1) is 16.7. The van der Waals surface area contributed by atoms with Crippen molar-refractivity contribution in [3.05, 3.63) is 0 Å². The van der Waals surface area contributed by atoms with Crippen LogP contribution >= 0.6 is 0 Å². The molecule has 0 bridgehead atoms. The summed E-state index contributed by atoms with van der Waals surface area (Å²) < 4.78 is 0. The van der Waals surface area contributed by atoms with E-state index in [1.807, 2.05) is 6.92 Å². The van der Waals surface area contributed by atoms with E-state index in [9.17, 15) is 9.59 Å². The third-order valence-corrected chi connectivity index (χ3v) is 2.90. The van der Waals surface area contributed by atoms with Gasteiger partial charge in [0.1, 0.15) is 0 Å². The molecule has 0 amide bonds. The zero-order valence-corrected chi connectivity index (χ0v) is 11.0. The second kappa shape index (κ2) is 12.2. The minimum absolute atomic E-state index is 0.00128. The summed E-state index contributed by atoms with van der Waals surface area (Å²) in [6.07, 6.45) is 8.29. The maximum Gasteiger partial charge on any atom is 0.235 e. The molecule has 1 N–H and O–H groups in total. The van der Waals surface area contributed by atoms with Crippen LogP contribution in [0, 0.1) is 5.92 Å². The van der Waals surface area contributed by atoms with E-state index < -0.39 is 0 Å². The predicted molar refractivity (Wildman–Crippen MR) is 68.8 cm³/mol. The number of hydrogen-bond donors (Lipinski definition) is 1. The first-order chi connectivity index (χ1) is 8.74. The molecule has 0 saturated heterocycles. The lowest BCUT2D eigenvalue weighted by atomic mass is 9.95. The molecule has 0 aliphatic rings. The van der Waals surface area contributed by atoms with Gasteiger partial charge in [0.2, 0.25) is 12.2 Å². The fraction of sp³-hybridized carbons (Fsp3) is 0.846. The average molecular weight is 254 g/mol. The van der Waals surface area contributed by atoms with Crippen LogP contribution in [0.4, 0.5) is 0 Å². The molecule has 5 heteroatoms. The number of unbranched alkanes of at least 4 members (excludes halogenated alkanes) is 2. The molecule has 0 aliphatic heterocycles. The van der Waals surface area contributed by atoms with E-state index in [1.165, 1.54) is 6.08 Å². The van der Waals surface area contributed by atoms with E-state index in [-0.39, 0.29) is 12.6 Å². The Bertz CT molecular complexity index is 295. The lowest BCUT2D eigenvalue weighted by Crippen LogP contribution is -2.11. The summed E-state index contributed by atoms with van der Waals surface area (Å²) in [4.78, 5) is 27.5. The van der Waals surface area contributed by atoms with Gasteiger partial charge in [-0.2, -0.15) is 0 Å². The molecular weight excluding hydrogens is 232 g/mol. The number of rotatable bonds is 11. The van der Waals surface area contributed by atoms with E-state index in [0.29, 0.717) is 12.5 Å². The summed E-state index contributed by atoms with van der Waals surface area (Å²) in [6, 6.07) is -0.00128. The van der Waals surface area contributed by atoms with E-state index in [1.54, 1.807) is 6.08 Å². The van der Waals surface area contributed by atoms with Crippen molar-refractivity contribution in [1.82, 2.24) is 0 Å². The van der Waals surface area contributed by atoms with Crippen LogP contribution in [0.3, 0.4) is 0 Å². The molecule has 2 atom stereocenters. The van der Waals surface area contributed by atoms with Crippen LogP contribution in [0.15, 0.2) is 9.98 Å². The maximum atomic E-state index is 10.3. The van der Waals surface area contributed by atoms with Gasteiger partial charge in [-0.15, -0.1) is 0 Å². The topological polar surface area (TPSA) is 79.1 Å². The van der Waals surface area contributed by atoms with Gasteiger partial charge in [0, 0.05) is 6.61 Å². The molecule has 0 aromatic carbocycles. The molecule has 2 unspecified atom stereocenters. The van der Waals surface area contributed by atoms with Gasteiger partial charge >= 0.3 is 0 Å². The molecule has 0 rings (SSSR count). The highest BCUT2D eigenvalue weighted by molar-refractivity contribution is 5.33. The van der Waals surface area contributed by atoms with Crippen molar-refractivity contribution in [2.75, 3.05) is 13.2 Å². The van der Waals surface area contributed by atoms with Crippen LogP contribution in [-0.4, -0.2) is 36.5 Å². The standard InChI is InChI=1S/C13H22N2O3/c1-12(6-8-16)9-13(15-11-18)5-3-2-4-7-14-10-17/h12-13,16H,2-9H2,1H3. The van der Waals surface area contributed by atoms with Gasteiger partial charge < -0.3 is 5.11 Å². The molecule has 0 spiro atoms. The molecule has 0 aromatic heterocycles. The monoisotopic (exact) mass is 254 g/mol. The fourth-order valence-electron chi connectivity index (χ4n) is 1.91. The summed E-state index contributed by atoms with van der Waals surface area (Å²) >= 11 is 0. The van der Waals surface area contributed by atoms with E-state index in [2.05, 4.69) is 9.98 Å². The molecule has 0 saturated carbocycles. The van der Waals surface area contributed by atoms with Crippen molar-refractivity contribution in [3.8, 4) is 0 Å². The van der Waals surface area contributed by atoms with Crippen LogP contribution in [0.2, 0.25) is 0 Å². The third kappa shape index (κ3) is 9.91. The third-order valence-electron chi connectivity index (χ3n) is 2.90. The van der Waals surface area contributed by atoms with E-state index in [4.69, 9.17) is 5.11 Å². The Morgan fingerprint density at radius 1 is 1.11 bits per heavy atom. The van der Waals surface area contributed by atoms with Gasteiger partial charge in [-0.1, -0.05) is 19.8 Å². The van der Waals surface area contributed by atoms with Crippen LogP contribution < -0.4 is 0 Å². The van der Waals surface area contributed by atoms with E-state index in [0.717, 1.165) is 38.5 Å². The predicted octanol–water partition coefficient (Wildman–Crippen LogP) is 2.00. The molecule has 0 heterocycles. The normalized spacial score (nSPS) is 13.2. The fourth-order valence-corrected chi connectivity index (χ4v) is 1.91. The second-order valence-electron chi connectivity index (χ2n) is 4.55.